The second-order valence-corrected chi connectivity index (χ2v) is 4.38. The van der Waals surface area contributed by atoms with Gasteiger partial charge in [-0.05, 0) is 32.9 Å². The molecule has 1 aliphatic heterocycles. The van der Waals surface area contributed by atoms with Crippen molar-refractivity contribution in [1.82, 2.24) is 10.2 Å². The molecule has 0 aromatic rings. The molecule has 2 fully saturated rings. The van der Waals surface area contributed by atoms with E-state index in [0.29, 0.717) is 17.9 Å². The molecule has 13 heavy (non-hydrogen) atoms. The number of hydrogen-bond donors (Lipinski definition) is 1. The first-order chi connectivity index (χ1) is 6.25. The van der Waals surface area contributed by atoms with Gasteiger partial charge in [-0.1, -0.05) is 6.42 Å². The topological polar surface area (TPSA) is 32.3 Å². The summed E-state index contributed by atoms with van der Waals surface area (Å²) in [7, 11) is 2.11. The van der Waals surface area contributed by atoms with E-state index in [1.807, 2.05) is 0 Å². The first-order valence-corrected chi connectivity index (χ1v) is 5.24. The molecular formula is C10H18N2O. The average Bonchev–Trinajstić information content (AvgIpc) is 2.31. The minimum atomic E-state index is 0.298. The minimum absolute atomic E-state index is 0.298. The van der Waals surface area contributed by atoms with E-state index >= 15 is 0 Å². The van der Waals surface area contributed by atoms with Crippen molar-refractivity contribution in [2.75, 3.05) is 20.1 Å². The largest absolute Gasteiger partial charge is 0.352 e. The number of rotatable bonds is 2. The SMILES string of the molecule is CN1CC[C@@H](NC(=O)C2CCC2)C1. The summed E-state index contributed by atoms with van der Waals surface area (Å²) < 4.78 is 0. The molecule has 0 aromatic heterocycles. The maximum absolute atomic E-state index is 11.6. The standard InChI is InChI=1S/C10H18N2O/c1-12-6-5-9(7-12)11-10(13)8-3-2-4-8/h8-9H,2-7H2,1H3,(H,11,13)/t9-/m1/s1. The molecule has 1 N–H and O–H groups in total. The lowest BCUT2D eigenvalue weighted by molar-refractivity contribution is -0.128. The summed E-state index contributed by atoms with van der Waals surface area (Å²) >= 11 is 0. The second kappa shape index (κ2) is 3.66. The van der Waals surface area contributed by atoms with Crippen LogP contribution >= 0.6 is 0 Å². The third-order valence-electron chi connectivity index (χ3n) is 3.21. The van der Waals surface area contributed by atoms with Crippen molar-refractivity contribution in [3.05, 3.63) is 0 Å². The van der Waals surface area contributed by atoms with Crippen LogP contribution < -0.4 is 5.32 Å². The van der Waals surface area contributed by atoms with Crippen molar-refractivity contribution in [3.63, 3.8) is 0 Å². The zero-order valence-electron chi connectivity index (χ0n) is 8.25. The van der Waals surface area contributed by atoms with Crippen LogP contribution in [0.3, 0.4) is 0 Å². The zero-order valence-corrected chi connectivity index (χ0v) is 8.25. The smallest absolute Gasteiger partial charge is 0.223 e. The highest BCUT2D eigenvalue weighted by molar-refractivity contribution is 5.79. The van der Waals surface area contributed by atoms with Crippen LogP contribution in [0.15, 0.2) is 0 Å². The predicted molar refractivity (Wildman–Crippen MR) is 51.4 cm³/mol. The molecule has 1 heterocycles. The van der Waals surface area contributed by atoms with Crippen molar-refractivity contribution < 1.29 is 4.79 Å². The zero-order chi connectivity index (χ0) is 9.26. The maximum Gasteiger partial charge on any atom is 0.223 e. The Morgan fingerprint density at radius 3 is 2.62 bits per heavy atom. The van der Waals surface area contributed by atoms with Gasteiger partial charge in [-0.2, -0.15) is 0 Å². The van der Waals surface area contributed by atoms with Crippen molar-refractivity contribution in [3.8, 4) is 0 Å². The third kappa shape index (κ3) is 2.02. The van der Waals surface area contributed by atoms with Gasteiger partial charge in [-0.25, -0.2) is 0 Å². The Kier molecular flexibility index (Phi) is 2.54. The molecule has 74 valence electrons. The average molecular weight is 182 g/mol. The lowest BCUT2D eigenvalue weighted by Gasteiger charge is -2.25. The van der Waals surface area contributed by atoms with Gasteiger partial charge >= 0.3 is 0 Å². The summed E-state index contributed by atoms with van der Waals surface area (Å²) in [6, 6.07) is 0.415. The number of amides is 1. The molecule has 0 radical (unpaired) electrons. The molecule has 1 aliphatic carbocycles. The van der Waals surface area contributed by atoms with Crippen LogP contribution in [0.25, 0.3) is 0 Å². The number of carbonyl (C=O) groups excluding carboxylic acids is 1. The number of likely N-dealkylation sites (N-methyl/N-ethyl adjacent to an activating group) is 1. The van der Waals surface area contributed by atoms with E-state index in [9.17, 15) is 4.79 Å². The summed E-state index contributed by atoms with van der Waals surface area (Å²) in [6.07, 6.45) is 4.57. The number of carbonyl (C=O) groups is 1. The van der Waals surface area contributed by atoms with Crippen molar-refractivity contribution in [2.45, 2.75) is 31.7 Å². The van der Waals surface area contributed by atoms with E-state index in [-0.39, 0.29) is 0 Å². The Bertz CT molecular complexity index is 201. The Morgan fingerprint density at radius 2 is 2.15 bits per heavy atom. The first-order valence-electron chi connectivity index (χ1n) is 5.24. The fraction of sp³-hybridized carbons (Fsp3) is 0.900. The number of nitrogens with zero attached hydrogens (tertiary/aromatic N) is 1. The van der Waals surface area contributed by atoms with E-state index in [0.717, 1.165) is 32.4 Å². The van der Waals surface area contributed by atoms with Crippen LogP contribution in [0, 0.1) is 5.92 Å². The third-order valence-corrected chi connectivity index (χ3v) is 3.21. The van der Waals surface area contributed by atoms with Crippen molar-refractivity contribution >= 4 is 5.91 Å². The molecule has 0 aromatic carbocycles. The Morgan fingerprint density at radius 1 is 1.38 bits per heavy atom. The van der Waals surface area contributed by atoms with Crippen molar-refractivity contribution in [1.29, 1.82) is 0 Å². The van der Waals surface area contributed by atoms with Gasteiger partial charge in [0, 0.05) is 18.5 Å². The maximum atomic E-state index is 11.6. The van der Waals surface area contributed by atoms with Crippen molar-refractivity contribution in [2.24, 2.45) is 5.92 Å². The molecular weight excluding hydrogens is 164 g/mol. The molecule has 0 bridgehead atoms. The molecule has 1 saturated carbocycles. The highest BCUT2D eigenvalue weighted by Gasteiger charge is 2.28. The highest BCUT2D eigenvalue weighted by atomic mass is 16.2. The van der Waals surface area contributed by atoms with Crippen LogP contribution in [0.2, 0.25) is 0 Å². The second-order valence-electron chi connectivity index (χ2n) is 4.38. The van der Waals surface area contributed by atoms with E-state index in [1.165, 1.54) is 6.42 Å². The minimum Gasteiger partial charge on any atom is -0.352 e. The molecule has 3 nitrogen and oxygen atoms in total. The summed E-state index contributed by atoms with van der Waals surface area (Å²) in [5.74, 6) is 0.637. The van der Waals surface area contributed by atoms with Gasteiger partial charge in [-0.3, -0.25) is 4.79 Å². The van der Waals surface area contributed by atoms with Gasteiger partial charge in [0.05, 0.1) is 0 Å². The molecule has 1 amide bonds. The molecule has 1 atom stereocenters. The van der Waals surface area contributed by atoms with Crippen LogP contribution in [0.1, 0.15) is 25.7 Å². The molecule has 3 heteroatoms. The van der Waals surface area contributed by atoms with Crippen LogP contribution in [0.5, 0.6) is 0 Å². The fourth-order valence-electron chi connectivity index (χ4n) is 2.04. The summed E-state index contributed by atoms with van der Waals surface area (Å²) in [6.45, 7) is 2.15. The molecule has 2 rings (SSSR count). The Balaban J connectivity index is 1.74. The van der Waals surface area contributed by atoms with Crippen LogP contribution in [0.4, 0.5) is 0 Å². The predicted octanol–water partition coefficient (Wildman–Crippen LogP) is 0.607. The monoisotopic (exact) mass is 182 g/mol. The Labute approximate surface area is 79.5 Å². The van der Waals surface area contributed by atoms with Gasteiger partial charge in [0.2, 0.25) is 5.91 Å². The summed E-state index contributed by atoms with van der Waals surface area (Å²) in [4.78, 5) is 13.8. The lowest BCUT2D eigenvalue weighted by atomic mass is 9.84. The quantitative estimate of drug-likeness (QED) is 0.678. The Hall–Kier alpha value is -0.570. The fourth-order valence-corrected chi connectivity index (χ4v) is 2.04. The summed E-state index contributed by atoms with van der Waals surface area (Å²) in [5, 5.41) is 3.13. The van der Waals surface area contributed by atoms with Gasteiger partial charge in [0.1, 0.15) is 0 Å². The van der Waals surface area contributed by atoms with Crippen LogP contribution in [-0.4, -0.2) is 37.0 Å². The molecule has 0 spiro atoms. The van der Waals surface area contributed by atoms with E-state index in [1.54, 1.807) is 0 Å². The molecule has 1 saturated heterocycles. The van der Waals surface area contributed by atoms with E-state index in [2.05, 4.69) is 17.3 Å². The lowest BCUT2D eigenvalue weighted by Crippen LogP contribution is -2.42. The van der Waals surface area contributed by atoms with Crippen LogP contribution in [-0.2, 0) is 4.79 Å². The van der Waals surface area contributed by atoms with Gasteiger partial charge < -0.3 is 10.2 Å². The van der Waals surface area contributed by atoms with E-state index < -0.39 is 0 Å². The first kappa shape index (κ1) is 9.00. The van der Waals surface area contributed by atoms with Gasteiger partial charge in [0.25, 0.3) is 0 Å². The molecule has 2 aliphatic rings. The van der Waals surface area contributed by atoms with Gasteiger partial charge in [-0.15, -0.1) is 0 Å². The molecule has 0 unspecified atom stereocenters. The number of likely N-dealkylation sites (tertiary alicyclic amines) is 1. The highest BCUT2D eigenvalue weighted by Crippen LogP contribution is 2.26. The number of hydrogen-bond acceptors (Lipinski definition) is 2. The summed E-state index contributed by atoms with van der Waals surface area (Å²) in [5.41, 5.74) is 0. The van der Waals surface area contributed by atoms with E-state index in [4.69, 9.17) is 0 Å². The number of nitrogens with one attached hydrogen (secondary N) is 1. The van der Waals surface area contributed by atoms with Gasteiger partial charge in [0.15, 0.2) is 0 Å². The normalized spacial score (nSPS) is 30.1.